The molecule has 2 spiro atoms. The van der Waals surface area contributed by atoms with E-state index >= 15 is 0 Å². The average Bonchev–Trinajstić information content (AvgIpc) is 3.37. The second kappa shape index (κ2) is 17.4. The van der Waals surface area contributed by atoms with Gasteiger partial charge in [-0.1, -0.05) is 260 Å². The number of ether oxygens (including phenoxy) is 1. The summed E-state index contributed by atoms with van der Waals surface area (Å²) in [6.07, 6.45) is 0. The van der Waals surface area contributed by atoms with Crippen LogP contribution in [-0.2, 0) is 21.7 Å². The van der Waals surface area contributed by atoms with Crippen molar-refractivity contribution < 1.29 is 4.74 Å². The van der Waals surface area contributed by atoms with Gasteiger partial charge in [-0.25, -0.2) is 0 Å². The van der Waals surface area contributed by atoms with Gasteiger partial charge < -0.3 is 9.64 Å². The van der Waals surface area contributed by atoms with Crippen LogP contribution in [0.4, 0.5) is 17.1 Å². The van der Waals surface area contributed by atoms with E-state index in [1.165, 1.54) is 87.7 Å². The Morgan fingerprint density at radius 2 is 0.785 bits per heavy atom. The SMILES string of the molecule is CC(C)(C)c1ccc2c(c1)C1(c3ccccc3Oc3c(N(c4ccc5c(c4)C4(c6ccccc6Sc6ccccc64)c4ccccc4-5)c4ccccc4-c4ccc(-c5ccccc5)cc4)cccc31)c1cc(C(C)(C)C)ccc1-2. The molecule has 0 amide bonds. The first-order chi connectivity index (χ1) is 38.4. The van der Waals surface area contributed by atoms with Crippen molar-refractivity contribution in [1.29, 1.82) is 0 Å². The van der Waals surface area contributed by atoms with Crippen molar-refractivity contribution in [2.24, 2.45) is 0 Å². The Morgan fingerprint density at radius 1 is 0.329 bits per heavy atom. The lowest BCUT2D eigenvalue weighted by Gasteiger charge is -2.42. The Hall–Kier alpha value is -8.63. The van der Waals surface area contributed by atoms with E-state index in [-0.39, 0.29) is 10.8 Å². The molecule has 2 heterocycles. The largest absolute Gasteiger partial charge is 0.454 e. The van der Waals surface area contributed by atoms with E-state index in [0.717, 1.165) is 50.8 Å². The molecule has 0 bridgehead atoms. The van der Waals surface area contributed by atoms with Crippen LogP contribution in [0, 0.1) is 0 Å². The zero-order valence-corrected chi connectivity index (χ0v) is 46.3. The number of nitrogens with zero attached hydrogens (tertiary/aromatic N) is 1. The molecule has 2 nitrogen and oxygen atoms in total. The third-order valence-corrected chi connectivity index (χ3v) is 18.7. The van der Waals surface area contributed by atoms with Crippen LogP contribution in [0.1, 0.15) is 97.2 Å². The number of hydrogen-bond donors (Lipinski definition) is 0. The lowest BCUT2D eigenvalue weighted by molar-refractivity contribution is 0.437. The smallest absolute Gasteiger partial charge is 0.156 e. The van der Waals surface area contributed by atoms with Crippen LogP contribution >= 0.6 is 11.8 Å². The van der Waals surface area contributed by atoms with Gasteiger partial charge in [-0.2, -0.15) is 0 Å². The van der Waals surface area contributed by atoms with E-state index in [1.54, 1.807) is 0 Å². The van der Waals surface area contributed by atoms with Crippen molar-refractivity contribution in [3.05, 3.63) is 304 Å². The highest BCUT2D eigenvalue weighted by Crippen LogP contribution is 2.66. The molecule has 0 unspecified atom stereocenters. The summed E-state index contributed by atoms with van der Waals surface area (Å²) in [6.45, 7) is 14.0. The van der Waals surface area contributed by atoms with Gasteiger partial charge in [-0.05, 0) is 137 Å². The van der Waals surface area contributed by atoms with Crippen molar-refractivity contribution in [2.45, 2.75) is 73.0 Å². The Labute approximate surface area is 469 Å². The third-order valence-electron chi connectivity index (χ3n) is 17.5. The highest BCUT2D eigenvalue weighted by atomic mass is 32.2. The Bertz CT molecular complexity index is 4180. The van der Waals surface area contributed by atoms with Crippen LogP contribution in [0.2, 0.25) is 0 Å². The zero-order valence-electron chi connectivity index (χ0n) is 45.4. The maximum absolute atomic E-state index is 7.66. The molecular formula is C76H59NOS. The molecule has 2 aliphatic carbocycles. The molecule has 0 aromatic heterocycles. The summed E-state index contributed by atoms with van der Waals surface area (Å²) in [5.74, 6) is 1.71. The number of fused-ring (bicyclic) bond motifs is 18. The first-order valence-electron chi connectivity index (χ1n) is 27.8. The number of para-hydroxylation sites is 3. The number of anilines is 3. The maximum Gasteiger partial charge on any atom is 0.156 e. The van der Waals surface area contributed by atoms with Crippen LogP contribution in [-0.4, -0.2) is 0 Å². The zero-order chi connectivity index (χ0) is 53.4. The topological polar surface area (TPSA) is 12.5 Å². The third kappa shape index (κ3) is 6.92. The summed E-state index contributed by atoms with van der Waals surface area (Å²) >= 11 is 1.88. The van der Waals surface area contributed by atoms with E-state index in [2.05, 4.69) is 295 Å². The van der Waals surface area contributed by atoms with Gasteiger partial charge in [0.05, 0.1) is 22.2 Å². The molecule has 15 rings (SSSR count). The van der Waals surface area contributed by atoms with Gasteiger partial charge >= 0.3 is 0 Å². The first kappa shape index (κ1) is 47.6. The fourth-order valence-electron chi connectivity index (χ4n) is 13.8. The summed E-state index contributed by atoms with van der Waals surface area (Å²) in [6, 6.07) is 93.6. The minimum atomic E-state index is -0.706. The van der Waals surface area contributed by atoms with Crippen LogP contribution in [0.3, 0.4) is 0 Å². The van der Waals surface area contributed by atoms with Gasteiger partial charge in [0.15, 0.2) is 5.75 Å². The van der Waals surface area contributed by atoms with Gasteiger partial charge in [0, 0.05) is 32.2 Å². The number of rotatable bonds is 5. The van der Waals surface area contributed by atoms with E-state index in [0.29, 0.717) is 0 Å². The van der Waals surface area contributed by atoms with Gasteiger partial charge in [0.25, 0.3) is 0 Å². The summed E-state index contributed by atoms with van der Waals surface area (Å²) < 4.78 is 7.66. The average molecular weight is 1030 g/mol. The van der Waals surface area contributed by atoms with Crippen LogP contribution in [0.25, 0.3) is 44.5 Å². The molecule has 0 N–H and O–H groups in total. The van der Waals surface area contributed by atoms with Gasteiger partial charge in [-0.15, -0.1) is 0 Å². The minimum Gasteiger partial charge on any atom is -0.454 e. The van der Waals surface area contributed by atoms with Gasteiger partial charge in [0.2, 0.25) is 0 Å². The fraction of sp³-hybridized carbons (Fsp3) is 0.132. The molecule has 3 heteroatoms. The summed E-state index contributed by atoms with van der Waals surface area (Å²) in [7, 11) is 0. The van der Waals surface area contributed by atoms with E-state index in [4.69, 9.17) is 4.74 Å². The molecule has 4 aliphatic rings. The van der Waals surface area contributed by atoms with Crippen molar-refractivity contribution in [1.82, 2.24) is 0 Å². The monoisotopic (exact) mass is 1030 g/mol. The Balaban J connectivity index is 1.04. The molecule has 11 aromatic rings. The quantitative estimate of drug-likeness (QED) is 0.170. The summed E-state index contributed by atoms with van der Waals surface area (Å²) in [4.78, 5) is 5.08. The first-order valence-corrected chi connectivity index (χ1v) is 28.6. The van der Waals surface area contributed by atoms with Crippen molar-refractivity contribution in [3.63, 3.8) is 0 Å². The molecule has 380 valence electrons. The molecule has 0 fully saturated rings. The van der Waals surface area contributed by atoms with Gasteiger partial charge in [0.1, 0.15) is 5.75 Å². The van der Waals surface area contributed by atoms with E-state index in [1.807, 2.05) is 11.8 Å². The predicted octanol–water partition coefficient (Wildman–Crippen LogP) is 20.4. The molecule has 79 heavy (non-hydrogen) atoms. The Kier molecular flexibility index (Phi) is 10.5. The van der Waals surface area contributed by atoms with Crippen molar-refractivity contribution >= 4 is 28.8 Å². The molecule has 0 atom stereocenters. The van der Waals surface area contributed by atoms with E-state index < -0.39 is 10.8 Å². The maximum atomic E-state index is 7.66. The van der Waals surface area contributed by atoms with Crippen LogP contribution in [0.5, 0.6) is 11.5 Å². The second-order valence-electron chi connectivity index (χ2n) is 23.9. The Morgan fingerprint density at radius 3 is 1.43 bits per heavy atom. The molecular weight excluding hydrogens is 975 g/mol. The molecule has 0 saturated heterocycles. The molecule has 0 saturated carbocycles. The normalized spacial score (nSPS) is 14.5. The fourth-order valence-corrected chi connectivity index (χ4v) is 15.0. The second-order valence-corrected chi connectivity index (χ2v) is 25.0. The molecule has 2 aliphatic heterocycles. The number of benzene rings is 11. The van der Waals surface area contributed by atoms with Crippen LogP contribution in [0.15, 0.2) is 259 Å². The van der Waals surface area contributed by atoms with Gasteiger partial charge in [-0.3, -0.25) is 0 Å². The molecule has 0 radical (unpaired) electrons. The lowest BCUT2D eigenvalue weighted by atomic mass is 9.64. The molecule has 11 aromatic carbocycles. The highest BCUT2D eigenvalue weighted by Gasteiger charge is 2.54. The highest BCUT2D eigenvalue weighted by molar-refractivity contribution is 7.99. The van der Waals surface area contributed by atoms with Crippen molar-refractivity contribution in [3.8, 4) is 56.0 Å². The minimum absolute atomic E-state index is 0.0840. The predicted molar refractivity (Wildman–Crippen MR) is 328 cm³/mol. The van der Waals surface area contributed by atoms with Crippen molar-refractivity contribution in [2.75, 3.05) is 4.90 Å². The standard InChI is InChI=1S/C76H59NOS/c1-73(2,3)51-39-42-56-57-43-40-52(74(4,5)6)46-65(57)76(64(56)45-51)60-26-13-17-32-69(60)78-72-63(76)29-20-31-68(72)77(67-30-16-11-23-54(67)50-37-35-49(36-38-50)48-21-8-7-9-22-48)53-41-44-58-55-24-10-12-25-59(55)75(66(58)47-53)61-27-14-18-33-70(61)79-71-34-19-15-28-62(71)75/h7-47H,1-6H3. The lowest BCUT2D eigenvalue weighted by Crippen LogP contribution is -2.33. The van der Waals surface area contributed by atoms with Crippen LogP contribution < -0.4 is 9.64 Å². The number of hydrogen-bond acceptors (Lipinski definition) is 3. The summed E-state index contributed by atoms with van der Waals surface area (Å²) in [5.41, 5.74) is 24.1. The summed E-state index contributed by atoms with van der Waals surface area (Å²) in [5, 5.41) is 0. The van der Waals surface area contributed by atoms with E-state index in [9.17, 15) is 0 Å².